The second kappa shape index (κ2) is 22.4. The molecule has 2 aliphatic rings. The third-order valence-corrected chi connectivity index (χ3v) is 12.5. The van der Waals surface area contributed by atoms with Crippen LogP contribution in [0.1, 0.15) is 105 Å². The number of likely N-dealkylation sites (tertiary alicyclic amines) is 1. The molecule has 2 aliphatic heterocycles. The summed E-state index contributed by atoms with van der Waals surface area (Å²) in [5.74, 6) is -4.87. The van der Waals surface area contributed by atoms with E-state index in [2.05, 4.69) is 47.1 Å². The lowest BCUT2D eigenvalue weighted by molar-refractivity contribution is -0.147. The number of hydrogen-bond acceptors (Lipinski definition) is 9. The number of nitrogens with zero attached hydrogens (tertiary/aromatic N) is 2. The molecule has 0 radical (unpaired) electrons. The average Bonchev–Trinajstić information content (AvgIpc) is 3.70. The van der Waals surface area contributed by atoms with Crippen molar-refractivity contribution in [3.63, 3.8) is 0 Å². The standard InChI is InChI=1S/C51H62N6O9/c1-4-5-6-7-8-9-10-11-32-12-15-34(16-13-32)35-17-19-36(20-18-35)48(62)53-25-24-45(60)57-30-38(52)29-42(57)50(64)56(3)46-37-21-23-44(59)40(28-37)39-26-33(14-22-43(39)58)27-41(51(65)66)55-47(61)31(2)54-49(46)63/h12-23,26,28,31,38,41-42,46,58-59H,4-11,24-25,27,29-30,52H2,1-3H3,(H,53,62)(H,54,63)(H,55,61)(H,65,66)/t31-,38+,41-,42-,46-/m0/s1. The molecule has 0 aliphatic carbocycles. The van der Waals surface area contributed by atoms with Gasteiger partial charge in [-0.15, -0.1) is 0 Å². The third kappa shape index (κ3) is 12.1. The van der Waals surface area contributed by atoms with Crippen LogP contribution in [0.25, 0.3) is 22.3 Å². The Labute approximate surface area is 385 Å². The molecule has 15 nitrogen and oxygen atoms in total. The highest BCUT2D eigenvalue weighted by atomic mass is 16.4. The highest BCUT2D eigenvalue weighted by molar-refractivity contribution is 5.97. The van der Waals surface area contributed by atoms with Gasteiger partial charge in [-0.2, -0.15) is 0 Å². The zero-order chi connectivity index (χ0) is 47.5. The van der Waals surface area contributed by atoms with Crippen molar-refractivity contribution in [2.24, 2.45) is 5.73 Å². The summed E-state index contributed by atoms with van der Waals surface area (Å²) in [6.07, 6.45) is 9.75. The Morgan fingerprint density at radius 1 is 0.803 bits per heavy atom. The molecule has 0 saturated carbocycles. The average molecular weight is 903 g/mol. The van der Waals surface area contributed by atoms with Crippen molar-refractivity contribution in [2.75, 3.05) is 20.1 Å². The quantitative estimate of drug-likeness (QED) is 0.0688. The molecule has 1 fully saturated rings. The van der Waals surface area contributed by atoms with E-state index in [0.717, 1.165) is 22.4 Å². The van der Waals surface area contributed by atoms with Gasteiger partial charge < -0.3 is 46.8 Å². The maximum absolute atomic E-state index is 14.4. The minimum atomic E-state index is -1.44. The van der Waals surface area contributed by atoms with Crippen LogP contribution in [0, 0.1) is 0 Å². The fraction of sp³-hybridized carbons (Fsp3) is 0.412. The van der Waals surface area contributed by atoms with Crippen molar-refractivity contribution in [3.8, 4) is 33.8 Å². The van der Waals surface area contributed by atoms with Crippen LogP contribution in [0.4, 0.5) is 0 Å². The predicted molar refractivity (Wildman–Crippen MR) is 250 cm³/mol. The van der Waals surface area contributed by atoms with Crippen molar-refractivity contribution < 1.29 is 44.1 Å². The number of carboxylic acid groups (broad SMARTS) is 1. The summed E-state index contributed by atoms with van der Waals surface area (Å²) < 4.78 is 0. The Kier molecular flexibility index (Phi) is 16.6. The summed E-state index contributed by atoms with van der Waals surface area (Å²) in [6, 6.07) is 18.5. The number of hydrogen-bond donors (Lipinski definition) is 7. The molecule has 5 amide bonds. The first-order chi connectivity index (χ1) is 31.6. The van der Waals surface area contributed by atoms with Gasteiger partial charge in [-0.25, -0.2) is 4.79 Å². The number of amides is 5. The number of fused-ring (bicyclic) bond motifs is 5. The first kappa shape index (κ1) is 48.7. The van der Waals surface area contributed by atoms with Crippen molar-refractivity contribution >= 4 is 35.5 Å². The highest BCUT2D eigenvalue weighted by Crippen LogP contribution is 2.39. The Hall–Kier alpha value is -6.74. The molecular formula is C51H62N6O9. The molecule has 4 aromatic carbocycles. The van der Waals surface area contributed by atoms with Crippen LogP contribution < -0.4 is 21.7 Å². The van der Waals surface area contributed by atoms with E-state index in [9.17, 15) is 44.1 Å². The zero-order valence-corrected chi connectivity index (χ0v) is 37.9. The van der Waals surface area contributed by atoms with E-state index in [0.29, 0.717) is 11.1 Å². The number of phenols is 2. The number of nitrogens with one attached hydrogen (secondary N) is 3. The topological polar surface area (TPSA) is 232 Å². The Bertz CT molecular complexity index is 2390. The summed E-state index contributed by atoms with van der Waals surface area (Å²) in [5, 5.41) is 39.6. The van der Waals surface area contributed by atoms with Crippen molar-refractivity contribution in [3.05, 3.63) is 107 Å². The normalized spacial score (nSPS) is 19.6. The van der Waals surface area contributed by atoms with Gasteiger partial charge in [-0.05, 0) is 90.4 Å². The first-order valence-electron chi connectivity index (χ1n) is 22.9. The van der Waals surface area contributed by atoms with Crippen molar-refractivity contribution in [1.29, 1.82) is 0 Å². The van der Waals surface area contributed by atoms with Gasteiger partial charge in [0.05, 0.1) is 0 Å². The molecular weight excluding hydrogens is 841 g/mol. The number of carbonyl (C=O) groups is 6. The number of benzene rings is 4. The summed E-state index contributed by atoms with van der Waals surface area (Å²) in [6.45, 7) is 3.64. The molecule has 6 rings (SSSR count). The molecule has 350 valence electrons. The lowest BCUT2D eigenvalue weighted by Crippen LogP contribution is -2.54. The van der Waals surface area contributed by atoms with Crippen LogP contribution in [-0.2, 0) is 36.8 Å². The van der Waals surface area contributed by atoms with Crippen LogP contribution in [0.5, 0.6) is 11.5 Å². The summed E-state index contributed by atoms with van der Waals surface area (Å²) >= 11 is 0. The van der Waals surface area contributed by atoms with E-state index in [1.54, 1.807) is 12.1 Å². The number of nitrogens with two attached hydrogens (primary N) is 1. The Morgan fingerprint density at radius 3 is 2.09 bits per heavy atom. The van der Waals surface area contributed by atoms with E-state index in [-0.39, 0.29) is 66.4 Å². The van der Waals surface area contributed by atoms with E-state index in [1.165, 1.54) is 106 Å². The highest BCUT2D eigenvalue weighted by Gasteiger charge is 2.42. The second-order valence-electron chi connectivity index (χ2n) is 17.5. The van der Waals surface area contributed by atoms with Gasteiger partial charge >= 0.3 is 5.97 Å². The first-order valence-corrected chi connectivity index (χ1v) is 22.9. The number of phenolic OH excluding ortho intramolecular Hbond substituents is 2. The van der Waals surface area contributed by atoms with Crippen LogP contribution in [0.3, 0.4) is 0 Å². The van der Waals surface area contributed by atoms with Crippen LogP contribution in [-0.4, -0.2) is 105 Å². The number of unbranched alkanes of at least 4 members (excludes halogenated alkanes) is 6. The monoisotopic (exact) mass is 902 g/mol. The van der Waals surface area contributed by atoms with Gasteiger partial charge in [0.25, 0.3) is 5.91 Å². The van der Waals surface area contributed by atoms with Crippen molar-refractivity contribution in [2.45, 2.75) is 115 Å². The smallest absolute Gasteiger partial charge is 0.326 e. The lowest BCUT2D eigenvalue weighted by atomic mass is 9.93. The minimum Gasteiger partial charge on any atom is -0.507 e. The summed E-state index contributed by atoms with van der Waals surface area (Å²) in [5.41, 5.74) is 10.9. The van der Waals surface area contributed by atoms with Gasteiger partial charge in [0.2, 0.25) is 23.6 Å². The number of aryl methyl sites for hydroxylation is 1. The minimum absolute atomic E-state index is 0.0137. The van der Waals surface area contributed by atoms with Gasteiger partial charge in [0.1, 0.15) is 35.7 Å². The molecule has 4 aromatic rings. The van der Waals surface area contributed by atoms with Gasteiger partial charge in [0, 0.05) is 55.7 Å². The molecule has 5 atom stereocenters. The van der Waals surface area contributed by atoms with E-state index >= 15 is 0 Å². The van der Waals surface area contributed by atoms with Crippen LogP contribution in [0.2, 0.25) is 0 Å². The van der Waals surface area contributed by atoms with Gasteiger partial charge in [-0.1, -0.05) is 94.0 Å². The number of aromatic hydroxyl groups is 2. The van der Waals surface area contributed by atoms with E-state index in [1.807, 2.05) is 12.1 Å². The molecule has 4 bridgehead atoms. The molecule has 1 saturated heterocycles. The predicted octanol–water partition coefficient (Wildman–Crippen LogP) is 5.60. The maximum Gasteiger partial charge on any atom is 0.326 e. The SMILES string of the molecule is CCCCCCCCCc1ccc(-c2ccc(C(=O)NCCC(=O)N3C[C@H](N)C[C@H]3C(=O)N(C)[C@@H]3C(=O)N[C@@H](C)C(=O)N[C@H](C(=O)O)Cc4ccc(O)c(c4)-c4cc3ccc4O)cc2)cc1. The fourth-order valence-corrected chi connectivity index (χ4v) is 8.74. The third-order valence-electron chi connectivity index (χ3n) is 12.5. The Balaban J connectivity index is 1.10. The zero-order valence-electron chi connectivity index (χ0n) is 37.9. The fourth-order valence-electron chi connectivity index (χ4n) is 8.74. The largest absolute Gasteiger partial charge is 0.507 e. The number of rotatable bonds is 16. The lowest BCUT2D eigenvalue weighted by Gasteiger charge is -2.33. The van der Waals surface area contributed by atoms with Gasteiger partial charge in [0.15, 0.2) is 0 Å². The summed E-state index contributed by atoms with van der Waals surface area (Å²) in [7, 11) is 1.37. The maximum atomic E-state index is 14.4. The van der Waals surface area contributed by atoms with Gasteiger partial charge in [-0.3, -0.25) is 24.0 Å². The molecule has 15 heteroatoms. The molecule has 2 heterocycles. The summed E-state index contributed by atoms with van der Waals surface area (Å²) in [4.78, 5) is 83.4. The van der Waals surface area contributed by atoms with Crippen LogP contribution in [0.15, 0.2) is 84.9 Å². The molecule has 66 heavy (non-hydrogen) atoms. The van der Waals surface area contributed by atoms with E-state index in [4.69, 9.17) is 5.73 Å². The second-order valence-corrected chi connectivity index (χ2v) is 17.5. The molecule has 0 aromatic heterocycles. The van der Waals surface area contributed by atoms with Crippen molar-refractivity contribution in [1.82, 2.24) is 25.8 Å². The number of carboxylic acids is 1. The Morgan fingerprint density at radius 2 is 1.42 bits per heavy atom. The van der Waals surface area contributed by atoms with E-state index < -0.39 is 59.8 Å². The molecule has 0 unspecified atom stereocenters. The number of likely N-dealkylation sites (N-methyl/N-ethyl adjacent to an activating group) is 1. The molecule has 0 spiro atoms. The van der Waals surface area contributed by atoms with Crippen LogP contribution >= 0.6 is 0 Å². The number of aliphatic carboxylic acids is 1. The number of carbonyl (C=O) groups excluding carboxylic acids is 5. The molecule has 8 N–H and O–H groups in total.